The third-order valence-corrected chi connectivity index (χ3v) is 5.90. The normalized spacial score (nSPS) is 10.9. The minimum absolute atomic E-state index is 0.119. The van der Waals surface area contributed by atoms with Gasteiger partial charge in [-0.15, -0.1) is 11.8 Å². The van der Waals surface area contributed by atoms with Crippen LogP contribution in [-0.2, 0) is 25.3 Å². The number of amides is 1. The number of nitrogens with one attached hydrogen (secondary N) is 1. The molecule has 0 atom stereocenters. The van der Waals surface area contributed by atoms with E-state index in [1.54, 1.807) is 44.6 Å². The maximum atomic E-state index is 12.9. The lowest BCUT2D eigenvalue weighted by Crippen LogP contribution is -2.37. The number of ether oxygens (including phenoxy) is 1. The van der Waals surface area contributed by atoms with Gasteiger partial charge in [0.25, 0.3) is 5.56 Å². The maximum absolute atomic E-state index is 12.9. The van der Waals surface area contributed by atoms with Gasteiger partial charge in [0.1, 0.15) is 11.4 Å². The Hall–Kier alpha value is -3.07. The van der Waals surface area contributed by atoms with E-state index < -0.39 is 11.2 Å². The molecule has 0 aliphatic carbocycles. The number of fused-ring (bicyclic) bond motifs is 1. The molecular weight excluding hydrogens is 404 g/mol. The second kappa shape index (κ2) is 9.17. The molecule has 8 nitrogen and oxygen atoms in total. The standard InChI is InChI=1S/C21H24N4O4S/c1-5-6-13-11-22-19-17(20(27)25(3)21(28)24(19)2)18(13)30-12-16(26)23-14-7-9-15(29-4)10-8-14/h7-11H,5-6,12H2,1-4H3,(H,23,26). The average molecular weight is 429 g/mol. The van der Waals surface area contributed by atoms with Crippen molar-refractivity contribution in [3.63, 3.8) is 0 Å². The number of carbonyl (C=O) groups excluding carboxylic acids is 1. The molecule has 0 bridgehead atoms. The number of aromatic nitrogens is 3. The Balaban J connectivity index is 1.93. The summed E-state index contributed by atoms with van der Waals surface area (Å²) in [6, 6.07) is 7.06. The van der Waals surface area contributed by atoms with Crippen LogP contribution in [0.5, 0.6) is 5.75 Å². The van der Waals surface area contributed by atoms with E-state index in [-0.39, 0.29) is 11.7 Å². The van der Waals surface area contributed by atoms with Crippen LogP contribution in [0.15, 0.2) is 44.9 Å². The predicted octanol–water partition coefficient (Wildman–Crippen LogP) is 2.32. The summed E-state index contributed by atoms with van der Waals surface area (Å²) in [6.07, 6.45) is 3.27. The predicted molar refractivity (Wildman–Crippen MR) is 119 cm³/mol. The molecular formula is C21H24N4O4S. The molecule has 2 heterocycles. The number of anilines is 1. The number of nitrogens with zero attached hydrogens (tertiary/aromatic N) is 3. The van der Waals surface area contributed by atoms with Crippen LogP contribution in [0.2, 0.25) is 0 Å². The van der Waals surface area contributed by atoms with E-state index in [2.05, 4.69) is 10.3 Å². The lowest BCUT2D eigenvalue weighted by Gasteiger charge is -2.14. The molecule has 0 aliphatic heterocycles. The van der Waals surface area contributed by atoms with Crippen LogP contribution in [0.3, 0.4) is 0 Å². The summed E-state index contributed by atoms with van der Waals surface area (Å²) >= 11 is 1.28. The zero-order valence-corrected chi connectivity index (χ0v) is 18.2. The van der Waals surface area contributed by atoms with E-state index in [1.165, 1.54) is 23.4 Å². The summed E-state index contributed by atoms with van der Waals surface area (Å²) in [7, 11) is 4.61. The topological polar surface area (TPSA) is 95.2 Å². The highest BCUT2D eigenvalue weighted by Crippen LogP contribution is 2.29. The summed E-state index contributed by atoms with van der Waals surface area (Å²) in [5, 5.41) is 3.21. The number of hydrogen-bond donors (Lipinski definition) is 1. The van der Waals surface area contributed by atoms with Crippen molar-refractivity contribution in [1.29, 1.82) is 0 Å². The first-order valence-corrected chi connectivity index (χ1v) is 10.5. The first-order chi connectivity index (χ1) is 14.4. The molecule has 9 heteroatoms. The Morgan fingerprint density at radius 2 is 1.87 bits per heavy atom. The van der Waals surface area contributed by atoms with Crippen LogP contribution in [0.1, 0.15) is 18.9 Å². The average Bonchev–Trinajstić information content (AvgIpc) is 2.75. The third-order valence-electron chi connectivity index (χ3n) is 4.74. The van der Waals surface area contributed by atoms with Crippen molar-refractivity contribution in [2.75, 3.05) is 18.2 Å². The quantitative estimate of drug-likeness (QED) is 0.581. The zero-order valence-electron chi connectivity index (χ0n) is 17.4. The number of pyridine rings is 1. The molecule has 0 saturated heterocycles. The number of benzene rings is 1. The molecule has 2 aromatic heterocycles. The molecule has 0 fully saturated rings. The molecule has 1 N–H and O–H groups in total. The minimum Gasteiger partial charge on any atom is -0.497 e. The summed E-state index contributed by atoms with van der Waals surface area (Å²) in [5.74, 6) is 0.629. The largest absolute Gasteiger partial charge is 0.497 e. The SMILES string of the molecule is CCCc1cnc2c(c1SCC(=O)Nc1ccc(OC)cc1)c(=O)n(C)c(=O)n2C. The Bertz CT molecular complexity index is 1200. The van der Waals surface area contributed by atoms with Gasteiger partial charge >= 0.3 is 5.69 Å². The monoisotopic (exact) mass is 428 g/mol. The van der Waals surface area contributed by atoms with Crippen molar-refractivity contribution in [3.8, 4) is 5.75 Å². The molecule has 3 aromatic rings. The number of thioether (sulfide) groups is 1. The van der Waals surface area contributed by atoms with Crippen LogP contribution in [0.25, 0.3) is 11.0 Å². The van der Waals surface area contributed by atoms with Crippen LogP contribution in [-0.4, -0.2) is 32.9 Å². The van der Waals surface area contributed by atoms with Crippen LogP contribution >= 0.6 is 11.8 Å². The van der Waals surface area contributed by atoms with Crippen LogP contribution in [0.4, 0.5) is 5.69 Å². The van der Waals surface area contributed by atoms with Gasteiger partial charge in [0.05, 0.1) is 18.2 Å². The Morgan fingerprint density at radius 3 is 2.50 bits per heavy atom. The fourth-order valence-corrected chi connectivity index (χ4v) is 4.17. The van der Waals surface area contributed by atoms with Gasteiger partial charge in [-0.1, -0.05) is 13.3 Å². The van der Waals surface area contributed by atoms with E-state index in [9.17, 15) is 14.4 Å². The zero-order chi connectivity index (χ0) is 21.8. The fourth-order valence-electron chi connectivity index (χ4n) is 3.16. The second-order valence-electron chi connectivity index (χ2n) is 6.83. The number of carbonyl (C=O) groups is 1. The Kier molecular flexibility index (Phi) is 6.61. The highest BCUT2D eigenvalue weighted by atomic mass is 32.2. The molecule has 0 radical (unpaired) electrons. The molecule has 0 saturated carbocycles. The number of methoxy groups -OCH3 is 1. The number of aryl methyl sites for hydroxylation is 2. The van der Waals surface area contributed by atoms with Gasteiger partial charge in [0.2, 0.25) is 5.91 Å². The lowest BCUT2D eigenvalue weighted by molar-refractivity contribution is -0.113. The van der Waals surface area contributed by atoms with Gasteiger partial charge in [-0.3, -0.25) is 18.7 Å². The number of hydrogen-bond acceptors (Lipinski definition) is 6. The molecule has 30 heavy (non-hydrogen) atoms. The first kappa shape index (κ1) is 21.6. The van der Waals surface area contributed by atoms with Gasteiger partial charge in [-0.25, -0.2) is 9.78 Å². The summed E-state index contributed by atoms with van der Waals surface area (Å²) in [5.41, 5.74) is 1.03. The van der Waals surface area contributed by atoms with Gasteiger partial charge in [0.15, 0.2) is 0 Å². The van der Waals surface area contributed by atoms with E-state index in [0.717, 1.165) is 23.0 Å². The van der Waals surface area contributed by atoms with Gasteiger partial charge < -0.3 is 10.1 Å². The second-order valence-corrected chi connectivity index (χ2v) is 7.82. The fraction of sp³-hybridized carbons (Fsp3) is 0.333. The highest BCUT2D eigenvalue weighted by Gasteiger charge is 2.18. The maximum Gasteiger partial charge on any atom is 0.332 e. The summed E-state index contributed by atoms with van der Waals surface area (Å²) in [6.45, 7) is 2.04. The molecule has 1 aromatic carbocycles. The van der Waals surface area contributed by atoms with E-state index >= 15 is 0 Å². The van der Waals surface area contributed by atoms with Crippen LogP contribution < -0.4 is 21.3 Å². The van der Waals surface area contributed by atoms with Crippen molar-refractivity contribution in [3.05, 3.63) is 56.9 Å². The summed E-state index contributed by atoms with van der Waals surface area (Å²) < 4.78 is 7.54. The van der Waals surface area contributed by atoms with E-state index in [1.807, 2.05) is 6.92 Å². The van der Waals surface area contributed by atoms with E-state index in [4.69, 9.17) is 4.74 Å². The van der Waals surface area contributed by atoms with Gasteiger partial charge in [0, 0.05) is 30.9 Å². The van der Waals surface area contributed by atoms with Crippen molar-refractivity contribution in [2.45, 2.75) is 24.7 Å². The van der Waals surface area contributed by atoms with Gasteiger partial charge in [-0.05, 0) is 36.2 Å². The molecule has 0 unspecified atom stereocenters. The molecule has 0 spiro atoms. The molecule has 3 rings (SSSR count). The number of rotatable bonds is 7. The van der Waals surface area contributed by atoms with Crippen LogP contribution in [0, 0.1) is 0 Å². The van der Waals surface area contributed by atoms with Crippen molar-refractivity contribution in [2.24, 2.45) is 14.1 Å². The summed E-state index contributed by atoms with van der Waals surface area (Å²) in [4.78, 5) is 42.7. The molecule has 158 valence electrons. The van der Waals surface area contributed by atoms with Crippen molar-refractivity contribution < 1.29 is 9.53 Å². The highest BCUT2D eigenvalue weighted by molar-refractivity contribution is 8.00. The lowest BCUT2D eigenvalue weighted by atomic mass is 10.1. The Morgan fingerprint density at radius 1 is 1.17 bits per heavy atom. The van der Waals surface area contributed by atoms with E-state index in [0.29, 0.717) is 27.4 Å². The smallest absolute Gasteiger partial charge is 0.332 e. The van der Waals surface area contributed by atoms with Crippen molar-refractivity contribution >= 4 is 34.4 Å². The minimum atomic E-state index is -0.434. The van der Waals surface area contributed by atoms with Gasteiger partial charge in [-0.2, -0.15) is 0 Å². The molecule has 0 aliphatic rings. The first-order valence-electron chi connectivity index (χ1n) is 9.51. The Labute approximate surface area is 177 Å². The third kappa shape index (κ3) is 4.25. The van der Waals surface area contributed by atoms with Crippen molar-refractivity contribution in [1.82, 2.24) is 14.1 Å². The molecule has 1 amide bonds.